The van der Waals surface area contributed by atoms with Crippen LogP contribution in [0.3, 0.4) is 0 Å². The van der Waals surface area contributed by atoms with Crippen molar-refractivity contribution in [1.29, 1.82) is 0 Å². The van der Waals surface area contributed by atoms with E-state index in [0.29, 0.717) is 9.96 Å². The number of aliphatic hydroxyl groups is 1. The number of hydrogen-bond acceptors (Lipinski definition) is 2. The minimum atomic E-state index is -0.167. The maximum atomic E-state index is 8.06. The van der Waals surface area contributed by atoms with Gasteiger partial charge in [0.05, 0.1) is 6.10 Å². The Morgan fingerprint density at radius 2 is 1.54 bits per heavy atom. The summed E-state index contributed by atoms with van der Waals surface area (Å²) in [6, 6.07) is 0. The Hall–Kier alpha value is 1.19. The van der Waals surface area contributed by atoms with Crippen LogP contribution in [0.4, 0.5) is 0 Å². The van der Waals surface area contributed by atoms with Crippen LogP contribution in [0.15, 0.2) is 0 Å². The van der Waals surface area contributed by atoms with Crippen LogP contribution in [-0.4, -0.2) is 52.4 Å². The van der Waals surface area contributed by atoms with Gasteiger partial charge in [0, 0.05) is 6.10 Å². The fourth-order valence-corrected chi connectivity index (χ4v) is 1.44. The molecule has 0 aliphatic rings. The molecule has 0 aromatic carbocycles. The summed E-state index contributed by atoms with van der Waals surface area (Å²) in [5.74, 6) is 0. The highest BCUT2D eigenvalue weighted by Crippen LogP contribution is 1.90. The third kappa shape index (κ3) is 31.9. The highest BCUT2D eigenvalue weighted by atomic mass is 35.5. The Morgan fingerprint density at radius 3 is 1.62 bits per heavy atom. The number of hydrogen-bond donors (Lipinski definition) is 1. The highest BCUT2D eigenvalue weighted by Gasteiger charge is 2.41. The normalized spacial score (nSPS) is 12.7. The standard InChI is InChI=1S/C5H13OSi.C3H8O.ClH.Mg/c1-5(2)6-4-7-3;1-3(2)4;;/h4-5H,7H2,1-3H3;3-4H,1-2H3;1H;/q;;;+2. The van der Waals surface area contributed by atoms with Crippen molar-refractivity contribution < 1.29 is 9.84 Å². The van der Waals surface area contributed by atoms with E-state index in [2.05, 4.69) is 20.4 Å². The van der Waals surface area contributed by atoms with Crippen LogP contribution in [0.25, 0.3) is 0 Å². The molecule has 0 amide bonds. The average molecular weight is 238 g/mol. The molecule has 0 saturated carbocycles. The summed E-state index contributed by atoms with van der Waals surface area (Å²) >= 11 is 1.97. The van der Waals surface area contributed by atoms with E-state index in [1.807, 2.05) is 21.7 Å². The van der Waals surface area contributed by atoms with Crippen molar-refractivity contribution in [2.24, 2.45) is 0 Å². The van der Waals surface area contributed by atoms with E-state index in [4.69, 9.17) is 9.84 Å². The van der Waals surface area contributed by atoms with E-state index < -0.39 is 0 Å². The summed E-state index contributed by atoms with van der Waals surface area (Å²) in [7, 11) is 0.0857. The molecule has 0 aromatic rings. The van der Waals surface area contributed by atoms with Crippen LogP contribution in [0.2, 0.25) is 6.55 Å². The molecule has 1 N–H and O–H groups in total. The fraction of sp³-hybridized carbons (Fsp3) is 1.00. The predicted molar refractivity (Wildman–Crippen MR) is 64.8 cm³/mol. The Labute approximate surface area is 103 Å². The zero-order chi connectivity index (χ0) is 10.1. The van der Waals surface area contributed by atoms with Gasteiger partial charge in [0.25, 0.3) is 0 Å². The smallest absolute Gasteiger partial charge is 0.394 e. The Morgan fingerprint density at radius 1 is 1.23 bits per heavy atom. The van der Waals surface area contributed by atoms with Crippen LogP contribution >= 0.6 is 12.4 Å². The van der Waals surface area contributed by atoms with Crippen LogP contribution in [-0.2, 0) is 4.74 Å². The van der Waals surface area contributed by atoms with Gasteiger partial charge in [-0.3, -0.25) is 0 Å². The van der Waals surface area contributed by atoms with Crippen LogP contribution in [0.1, 0.15) is 27.7 Å². The van der Waals surface area contributed by atoms with Crippen molar-refractivity contribution in [2.75, 3.05) is 0 Å². The maximum absolute atomic E-state index is 8.06. The fourth-order valence-electron chi connectivity index (χ4n) is 0.481. The lowest BCUT2D eigenvalue weighted by molar-refractivity contribution is 0.0931. The quantitative estimate of drug-likeness (QED) is 0.740. The molecule has 0 aliphatic heterocycles. The molecule has 13 heavy (non-hydrogen) atoms. The predicted octanol–water partition coefficient (Wildman–Crippen LogP) is 0.889. The molecule has 1 unspecified atom stereocenters. The molecule has 0 spiro atoms. The molecule has 0 fully saturated rings. The summed E-state index contributed by atoms with van der Waals surface area (Å²) < 4.78 is 6.07. The van der Waals surface area contributed by atoms with Crippen LogP contribution in [0, 0.1) is 0 Å². The summed E-state index contributed by atoms with van der Waals surface area (Å²) in [4.78, 5) is 0. The second-order valence-corrected chi connectivity index (χ2v) is 7.10. The number of aliphatic hydroxyl groups excluding tert-OH is 1. The van der Waals surface area contributed by atoms with Gasteiger partial charge in [-0.15, -0.1) is 12.4 Å². The van der Waals surface area contributed by atoms with Crippen molar-refractivity contribution >= 4 is 43.6 Å². The Bertz CT molecular complexity index is 91.5. The van der Waals surface area contributed by atoms with Crippen molar-refractivity contribution in [2.45, 2.75) is 50.3 Å². The molecule has 0 heterocycles. The number of rotatable bonds is 3. The molecule has 77 valence electrons. The first-order valence-electron chi connectivity index (χ1n) is 4.56. The molecule has 0 bridgehead atoms. The van der Waals surface area contributed by atoms with Crippen molar-refractivity contribution in [3.63, 3.8) is 0 Å². The second-order valence-electron chi connectivity index (χ2n) is 3.31. The summed E-state index contributed by atoms with van der Waals surface area (Å²) in [5, 5.41) is 8.06. The summed E-state index contributed by atoms with van der Waals surface area (Å²) in [6.07, 6.45) is 0.255. The highest BCUT2D eigenvalue weighted by molar-refractivity contribution is 6.48. The van der Waals surface area contributed by atoms with E-state index in [-0.39, 0.29) is 28.0 Å². The van der Waals surface area contributed by atoms with Gasteiger partial charge < -0.3 is 9.84 Å². The molecule has 0 saturated heterocycles. The largest absolute Gasteiger partial charge is 1.44 e. The van der Waals surface area contributed by atoms with Gasteiger partial charge >= 0.3 is 25.6 Å². The number of ether oxygens (including phenoxy) is 1. The zero-order valence-electron chi connectivity index (χ0n) is 9.41. The average Bonchev–Trinajstić information content (AvgIpc) is 1.84. The summed E-state index contributed by atoms with van der Waals surface area (Å²) in [6.45, 7) is 9.90. The van der Waals surface area contributed by atoms with Gasteiger partial charge in [0.15, 0.2) is 9.52 Å². The van der Waals surface area contributed by atoms with E-state index in [0.717, 1.165) is 0 Å². The van der Waals surface area contributed by atoms with Gasteiger partial charge in [-0.1, -0.05) is 6.55 Å². The lowest BCUT2D eigenvalue weighted by atomic mass is 10.5. The van der Waals surface area contributed by atoms with Gasteiger partial charge in [0.1, 0.15) is 0 Å². The molecular formula is C8H22ClMgO2Si+2. The summed E-state index contributed by atoms with van der Waals surface area (Å²) in [5.41, 5.74) is 0. The maximum Gasteiger partial charge on any atom is 1.44 e. The van der Waals surface area contributed by atoms with E-state index in [1.165, 1.54) is 0 Å². The van der Waals surface area contributed by atoms with Crippen LogP contribution in [0.5, 0.6) is 0 Å². The van der Waals surface area contributed by atoms with Crippen molar-refractivity contribution in [1.82, 2.24) is 0 Å². The first-order valence-corrected chi connectivity index (χ1v) is 7.61. The molecule has 0 aliphatic carbocycles. The molecule has 1 atom stereocenters. The minimum Gasteiger partial charge on any atom is -0.394 e. The zero-order valence-corrected chi connectivity index (χ0v) is 13.1. The Balaban J connectivity index is -0.000000173. The first kappa shape index (κ1) is 19.7. The van der Waals surface area contributed by atoms with Gasteiger partial charge in [0.2, 0.25) is 0 Å². The van der Waals surface area contributed by atoms with Gasteiger partial charge in [-0.05, 0) is 27.7 Å². The molecule has 0 aromatic heterocycles. The molecule has 7 radical (unpaired) electrons. The van der Waals surface area contributed by atoms with Crippen molar-refractivity contribution in [3.8, 4) is 0 Å². The Kier molecular flexibility index (Phi) is 20.0. The van der Waals surface area contributed by atoms with Crippen molar-refractivity contribution in [3.05, 3.63) is 0 Å². The number of halogens is 1. The molecular weight excluding hydrogens is 216 g/mol. The van der Waals surface area contributed by atoms with E-state index in [9.17, 15) is 0 Å². The van der Waals surface area contributed by atoms with Gasteiger partial charge in [-0.25, -0.2) is 0 Å². The van der Waals surface area contributed by atoms with E-state index in [1.54, 1.807) is 13.8 Å². The third-order valence-corrected chi connectivity index (χ3v) is 3.95. The lowest BCUT2D eigenvalue weighted by Crippen LogP contribution is -2.22. The van der Waals surface area contributed by atoms with E-state index >= 15 is 0 Å². The lowest BCUT2D eigenvalue weighted by Gasteiger charge is -1.99. The minimum absolute atomic E-state index is 0. The molecule has 5 heteroatoms. The topological polar surface area (TPSA) is 29.5 Å². The molecule has 0 rings (SSSR count). The SMILES string of the molecule is CC(C)O.C[SiH2][CH]([Mg+2])OC(C)C.Cl. The third-order valence-electron chi connectivity index (χ3n) is 0.920. The van der Waals surface area contributed by atoms with Crippen LogP contribution < -0.4 is 0 Å². The monoisotopic (exact) mass is 237 g/mol. The second kappa shape index (κ2) is 13.2. The van der Waals surface area contributed by atoms with Gasteiger partial charge in [-0.2, -0.15) is 0 Å². The molecule has 2 nitrogen and oxygen atoms in total. The first-order chi connectivity index (χ1) is 5.40.